The lowest BCUT2D eigenvalue weighted by molar-refractivity contribution is 0.131. The van der Waals surface area contributed by atoms with Gasteiger partial charge in [-0.1, -0.05) is 23.7 Å². The third kappa shape index (κ3) is 3.36. The van der Waals surface area contributed by atoms with Gasteiger partial charge in [0, 0.05) is 16.9 Å². The minimum Gasteiger partial charge on any atom is -0.379 e. The maximum Gasteiger partial charge on any atom is 0.109 e. The number of halogens is 1. The lowest BCUT2D eigenvalue weighted by atomic mass is 10.1. The highest BCUT2D eigenvalue weighted by molar-refractivity contribution is 7.70. The van der Waals surface area contributed by atoms with Crippen molar-refractivity contribution in [2.75, 3.05) is 33.1 Å². The molecular formula is C13H19ClNO2P. The summed E-state index contributed by atoms with van der Waals surface area (Å²) in [6, 6.07) is 5.82. The van der Waals surface area contributed by atoms with Crippen LogP contribution in [0, 0.1) is 0 Å². The molecule has 0 radical (unpaired) electrons. The molecule has 1 atom stereocenters. The largest absolute Gasteiger partial charge is 0.379 e. The number of nitrogens with one attached hydrogen (secondary N) is 1. The summed E-state index contributed by atoms with van der Waals surface area (Å²) in [4.78, 5) is 0. The highest BCUT2D eigenvalue weighted by Crippen LogP contribution is 2.36. The summed E-state index contributed by atoms with van der Waals surface area (Å²) < 4.78 is 17.6. The molecule has 0 amide bonds. The van der Waals surface area contributed by atoms with Crippen LogP contribution in [0.25, 0.3) is 0 Å². The van der Waals surface area contributed by atoms with Gasteiger partial charge in [0.05, 0.1) is 12.6 Å². The van der Waals surface area contributed by atoms with Crippen LogP contribution in [0.1, 0.15) is 18.0 Å². The minimum absolute atomic E-state index is 0.127. The molecule has 1 unspecified atom stereocenters. The lowest BCUT2D eigenvalue weighted by Gasteiger charge is -2.18. The molecule has 18 heavy (non-hydrogen) atoms. The van der Waals surface area contributed by atoms with E-state index < -0.39 is 7.14 Å². The van der Waals surface area contributed by atoms with Crippen molar-refractivity contribution in [3.63, 3.8) is 0 Å². The molecule has 3 nitrogen and oxygen atoms in total. The SMILES string of the molecule is CP(C)(=O)c1ccc(C2COCCCN2)c(Cl)c1. The average molecular weight is 288 g/mol. The third-order valence-electron chi connectivity index (χ3n) is 3.12. The summed E-state index contributed by atoms with van der Waals surface area (Å²) in [5.41, 5.74) is 1.02. The fourth-order valence-electron chi connectivity index (χ4n) is 2.04. The molecular weight excluding hydrogens is 269 g/mol. The second-order valence-electron chi connectivity index (χ2n) is 4.99. The van der Waals surface area contributed by atoms with Gasteiger partial charge in [-0.15, -0.1) is 0 Å². The Balaban J connectivity index is 2.26. The van der Waals surface area contributed by atoms with Crippen molar-refractivity contribution in [3.05, 3.63) is 28.8 Å². The zero-order valence-corrected chi connectivity index (χ0v) is 12.4. The van der Waals surface area contributed by atoms with Crippen LogP contribution in [0.3, 0.4) is 0 Å². The van der Waals surface area contributed by atoms with Crippen molar-refractivity contribution in [2.24, 2.45) is 0 Å². The van der Waals surface area contributed by atoms with Gasteiger partial charge in [-0.25, -0.2) is 0 Å². The summed E-state index contributed by atoms with van der Waals surface area (Å²) in [6.45, 7) is 5.87. The fourth-order valence-corrected chi connectivity index (χ4v) is 3.31. The molecule has 100 valence electrons. The van der Waals surface area contributed by atoms with E-state index in [0.29, 0.717) is 11.6 Å². The maximum atomic E-state index is 12.0. The third-order valence-corrected chi connectivity index (χ3v) is 4.97. The van der Waals surface area contributed by atoms with Crippen LogP contribution < -0.4 is 10.6 Å². The quantitative estimate of drug-likeness (QED) is 0.850. The maximum absolute atomic E-state index is 12.0. The second kappa shape index (κ2) is 5.75. The molecule has 1 saturated heterocycles. The van der Waals surface area contributed by atoms with Crippen LogP contribution in [0.5, 0.6) is 0 Å². The van der Waals surface area contributed by atoms with E-state index in [4.69, 9.17) is 16.3 Å². The molecule has 2 rings (SSSR count). The van der Waals surface area contributed by atoms with Crippen LogP contribution in [0.4, 0.5) is 0 Å². The Hall–Kier alpha value is -0.340. The molecule has 1 aliphatic rings. The van der Waals surface area contributed by atoms with E-state index in [0.717, 1.165) is 30.4 Å². The molecule has 0 aliphatic carbocycles. The summed E-state index contributed by atoms with van der Waals surface area (Å²) in [5, 5.41) is 4.91. The summed E-state index contributed by atoms with van der Waals surface area (Å²) in [6.07, 6.45) is 1.02. The van der Waals surface area contributed by atoms with E-state index in [1.165, 1.54) is 0 Å². The van der Waals surface area contributed by atoms with Crippen molar-refractivity contribution in [2.45, 2.75) is 12.5 Å². The van der Waals surface area contributed by atoms with Crippen LogP contribution in [0.2, 0.25) is 5.02 Å². The molecule has 1 aliphatic heterocycles. The van der Waals surface area contributed by atoms with Gasteiger partial charge in [-0.2, -0.15) is 0 Å². The van der Waals surface area contributed by atoms with Crippen LogP contribution >= 0.6 is 18.7 Å². The molecule has 1 aromatic rings. The first-order chi connectivity index (χ1) is 8.48. The molecule has 0 bridgehead atoms. The average Bonchev–Trinajstić information content (AvgIpc) is 2.56. The van der Waals surface area contributed by atoms with Crippen molar-refractivity contribution in [1.82, 2.24) is 5.32 Å². The number of rotatable bonds is 2. The first-order valence-electron chi connectivity index (χ1n) is 6.14. The Morgan fingerprint density at radius 3 is 2.89 bits per heavy atom. The van der Waals surface area contributed by atoms with Gasteiger partial charge in [-0.05, 0) is 37.9 Å². The van der Waals surface area contributed by atoms with E-state index in [1.807, 2.05) is 18.2 Å². The van der Waals surface area contributed by atoms with Crippen LogP contribution in [-0.4, -0.2) is 33.1 Å². The Morgan fingerprint density at radius 2 is 2.22 bits per heavy atom. The normalized spacial score (nSPS) is 21.6. The van der Waals surface area contributed by atoms with Gasteiger partial charge >= 0.3 is 0 Å². The highest BCUT2D eigenvalue weighted by Gasteiger charge is 2.19. The molecule has 0 aromatic heterocycles. The highest BCUT2D eigenvalue weighted by atomic mass is 35.5. The zero-order valence-electron chi connectivity index (χ0n) is 10.8. The summed E-state index contributed by atoms with van der Waals surface area (Å²) in [5.74, 6) is 0. The van der Waals surface area contributed by atoms with Crippen molar-refractivity contribution in [3.8, 4) is 0 Å². The number of ether oxygens (including phenoxy) is 1. The predicted molar refractivity (Wildman–Crippen MR) is 76.7 cm³/mol. The van der Waals surface area contributed by atoms with E-state index in [1.54, 1.807) is 13.3 Å². The Morgan fingerprint density at radius 1 is 1.44 bits per heavy atom. The Kier molecular flexibility index (Phi) is 4.50. The second-order valence-corrected chi connectivity index (χ2v) is 8.62. The van der Waals surface area contributed by atoms with Crippen molar-refractivity contribution >= 4 is 24.0 Å². The molecule has 0 saturated carbocycles. The Labute approximate surface area is 113 Å². The number of hydrogen-bond acceptors (Lipinski definition) is 3. The van der Waals surface area contributed by atoms with Gasteiger partial charge in [0.25, 0.3) is 0 Å². The van der Waals surface area contributed by atoms with E-state index >= 15 is 0 Å². The minimum atomic E-state index is -2.25. The zero-order chi connectivity index (χ0) is 13.2. The van der Waals surface area contributed by atoms with Gasteiger partial charge in [0.15, 0.2) is 0 Å². The van der Waals surface area contributed by atoms with Crippen LogP contribution in [0.15, 0.2) is 18.2 Å². The molecule has 1 N–H and O–H groups in total. The van der Waals surface area contributed by atoms with Gasteiger partial charge < -0.3 is 14.6 Å². The summed E-state index contributed by atoms with van der Waals surface area (Å²) >= 11 is 6.31. The number of hydrogen-bond donors (Lipinski definition) is 1. The predicted octanol–water partition coefficient (Wildman–Crippen LogP) is 2.64. The molecule has 1 fully saturated rings. The summed E-state index contributed by atoms with van der Waals surface area (Å²) in [7, 11) is -2.25. The van der Waals surface area contributed by atoms with Crippen molar-refractivity contribution in [1.29, 1.82) is 0 Å². The number of benzene rings is 1. The first-order valence-corrected chi connectivity index (χ1v) is 9.12. The molecule has 0 spiro atoms. The molecule has 1 aromatic carbocycles. The van der Waals surface area contributed by atoms with Crippen molar-refractivity contribution < 1.29 is 9.30 Å². The lowest BCUT2D eigenvalue weighted by Crippen LogP contribution is -2.24. The molecule has 5 heteroatoms. The monoisotopic (exact) mass is 287 g/mol. The Bertz CT molecular complexity index is 464. The topological polar surface area (TPSA) is 38.3 Å². The fraction of sp³-hybridized carbons (Fsp3) is 0.538. The van der Waals surface area contributed by atoms with E-state index in [2.05, 4.69) is 5.32 Å². The van der Waals surface area contributed by atoms with Crippen LogP contribution in [-0.2, 0) is 9.30 Å². The van der Waals surface area contributed by atoms with E-state index in [9.17, 15) is 4.57 Å². The van der Waals surface area contributed by atoms with Gasteiger partial charge in [0.2, 0.25) is 0 Å². The standard InChI is InChI=1S/C13H19ClNO2P/c1-18(2,16)10-4-5-11(12(14)8-10)13-9-17-7-3-6-15-13/h4-5,8,13,15H,3,6-7,9H2,1-2H3. The van der Waals surface area contributed by atoms with Gasteiger partial charge in [-0.3, -0.25) is 0 Å². The smallest absolute Gasteiger partial charge is 0.109 e. The van der Waals surface area contributed by atoms with Gasteiger partial charge in [0.1, 0.15) is 7.14 Å². The first kappa shape index (κ1) is 14.1. The molecule has 1 heterocycles. The van der Waals surface area contributed by atoms with E-state index in [-0.39, 0.29) is 6.04 Å².